The van der Waals surface area contributed by atoms with Crippen molar-refractivity contribution in [2.45, 2.75) is 19.3 Å². The smallest absolute Gasteiger partial charge is 0.253 e. The van der Waals surface area contributed by atoms with Gasteiger partial charge in [0, 0.05) is 24.5 Å². The first-order valence-corrected chi connectivity index (χ1v) is 6.85. The number of rotatable bonds is 3. The molecule has 1 amide bonds. The molecule has 98 valence electrons. The third kappa shape index (κ3) is 3.22. The number of hydrogen-bond acceptors (Lipinski definition) is 1. The van der Waals surface area contributed by atoms with Gasteiger partial charge in [-0.3, -0.25) is 4.79 Å². The number of nitrogens with zero attached hydrogens (tertiary/aromatic N) is 1. The van der Waals surface area contributed by atoms with Gasteiger partial charge in [-0.05, 0) is 49.4 Å². The fourth-order valence-electron chi connectivity index (χ4n) is 2.41. The molecule has 0 spiro atoms. The van der Waals surface area contributed by atoms with Crippen LogP contribution in [0, 0.1) is 11.7 Å². The van der Waals surface area contributed by atoms with E-state index in [2.05, 4.69) is 0 Å². The summed E-state index contributed by atoms with van der Waals surface area (Å²) in [6, 6.07) is 5.74. The Labute approximate surface area is 112 Å². The molecule has 1 heterocycles. The zero-order chi connectivity index (χ0) is 13.0. The van der Waals surface area contributed by atoms with Crippen LogP contribution in [0.15, 0.2) is 24.3 Å². The number of likely N-dealkylation sites (tertiary alicyclic amines) is 1. The number of amides is 1. The molecule has 0 aliphatic carbocycles. The van der Waals surface area contributed by atoms with E-state index in [0.29, 0.717) is 17.4 Å². The molecule has 1 fully saturated rings. The highest BCUT2D eigenvalue weighted by molar-refractivity contribution is 6.17. The number of hydrogen-bond donors (Lipinski definition) is 0. The minimum atomic E-state index is -0.315. The zero-order valence-corrected chi connectivity index (χ0v) is 11.0. The molecule has 18 heavy (non-hydrogen) atoms. The summed E-state index contributed by atoms with van der Waals surface area (Å²) >= 11 is 5.75. The van der Waals surface area contributed by atoms with E-state index in [-0.39, 0.29) is 11.7 Å². The van der Waals surface area contributed by atoms with Gasteiger partial charge in [0.15, 0.2) is 0 Å². The quantitative estimate of drug-likeness (QED) is 0.771. The van der Waals surface area contributed by atoms with Crippen LogP contribution in [0.3, 0.4) is 0 Å². The van der Waals surface area contributed by atoms with Crippen LogP contribution in [0.4, 0.5) is 4.39 Å². The predicted octanol–water partition coefficient (Wildman–Crippen LogP) is 3.31. The normalized spacial score (nSPS) is 19.9. The molecule has 0 aromatic heterocycles. The van der Waals surface area contributed by atoms with E-state index >= 15 is 0 Å². The molecular formula is C14H17ClFNO. The molecule has 0 bridgehead atoms. The second-order valence-corrected chi connectivity index (χ2v) is 5.12. The number of piperidine rings is 1. The summed E-state index contributed by atoms with van der Waals surface area (Å²) in [5, 5.41) is 0. The number of carbonyl (C=O) groups is 1. The summed E-state index contributed by atoms with van der Waals surface area (Å²) in [6.07, 6.45) is 3.11. The Kier molecular flexibility index (Phi) is 4.59. The highest BCUT2D eigenvalue weighted by Gasteiger charge is 2.23. The van der Waals surface area contributed by atoms with Crippen LogP contribution in [0.2, 0.25) is 0 Å². The zero-order valence-electron chi connectivity index (χ0n) is 10.2. The van der Waals surface area contributed by atoms with E-state index in [1.165, 1.54) is 12.1 Å². The van der Waals surface area contributed by atoms with Crippen molar-refractivity contribution in [2.24, 2.45) is 5.92 Å². The largest absolute Gasteiger partial charge is 0.338 e. The molecule has 2 nitrogen and oxygen atoms in total. The predicted molar refractivity (Wildman–Crippen MR) is 70.4 cm³/mol. The number of halogens is 2. The second-order valence-electron chi connectivity index (χ2n) is 4.74. The Bertz CT molecular complexity index is 405. The average Bonchev–Trinajstić information content (AvgIpc) is 2.39. The summed E-state index contributed by atoms with van der Waals surface area (Å²) in [6.45, 7) is 1.55. The molecule has 1 aliphatic heterocycles. The van der Waals surface area contributed by atoms with Gasteiger partial charge >= 0.3 is 0 Å². The minimum Gasteiger partial charge on any atom is -0.338 e. The summed E-state index contributed by atoms with van der Waals surface area (Å²) in [5.41, 5.74) is 0.558. The third-order valence-corrected chi connectivity index (χ3v) is 3.63. The third-order valence-electron chi connectivity index (χ3n) is 3.41. The lowest BCUT2D eigenvalue weighted by atomic mass is 9.95. The van der Waals surface area contributed by atoms with Gasteiger partial charge in [-0.15, -0.1) is 11.6 Å². The van der Waals surface area contributed by atoms with Crippen LogP contribution < -0.4 is 0 Å². The minimum absolute atomic E-state index is 0.00530. The van der Waals surface area contributed by atoms with Gasteiger partial charge in [-0.2, -0.15) is 0 Å². The van der Waals surface area contributed by atoms with Gasteiger partial charge in [-0.25, -0.2) is 4.39 Å². The second kappa shape index (κ2) is 6.19. The van der Waals surface area contributed by atoms with E-state index in [9.17, 15) is 9.18 Å². The van der Waals surface area contributed by atoms with Crippen LogP contribution in [-0.4, -0.2) is 29.8 Å². The monoisotopic (exact) mass is 269 g/mol. The first kappa shape index (κ1) is 13.3. The number of benzene rings is 1. The van der Waals surface area contributed by atoms with Crippen LogP contribution in [0.1, 0.15) is 29.6 Å². The standard InChI is InChI=1S/C14H17ClFNO/c15-8-7-11-2-1-9-17(10-11)14(18)12-3-5-13(16)6-4-12/h3-6,11H,1-2,7-10H2. The molecular weight excluding hydrogens is 253 g/mol. The molecule has 1 saturated heterocycles. The highest BCUT2D eigenvalue weighted by atomic mass is 35.5. The van der Waals surface area contributed by atoms with Crippen molar-refractivity contribution in [3.8, 4) is 0 Å². The lowest BCUT2D eigenvalue weighted by molar-refractivity contribution is 0.0671. The van der Waals surface area contributed by atoms with Crippen molar-refractivity contribution >= 4 is 17.5 Å². The van der Waals surface area contributed by atoms with Crippen molar-refractivity contribution in [2.75, 3.05) is 19.0 Å². The van der Waals surface area contributed by atoms with Crippen molar-refractivity contribution in [1.82, 2.24) is 4.90 Å². The molecule has 0 N–H and O–H groups in total. The SMILES string of the molecule is O=C(c1ccc(F)cc1)N1CCCC(CCCl)C1. The van der Waals surface area contributed by atoms with Gasteiger partial charge in [-0.1, -0.05) is 0 Å². The van der Waals surface area contributed by atoms with Crippen LogP contribution in [-0.2, 0) is 0 Å². The Morgan fingerprint density at radius 2 is 2.11 bits per heavy atom. The van der Waals surface area contributed by atoms with Gasteiger partial charge in [0.25, 0.3) is 5.91 Å². The lowest BCUT2D eigenvalue weighted by Gasteiger charge is -2.32. The average molecular weight is 270 g/mol. The Morgan fingerprint density at radius 1 is 1.39 bits per heavy atom. The topological polar surface area (TPSA) is 20.3 Å². The Hall–Kier alpha value is -1.09. The van der Waals surface area contributed by atoms with Gasteiger partial charge in [0.1, 0.15) is 5.82 Å². The lowest BCUT2D eigenvalue weighted by Crippen LogP contribution is -2.40. The molecule has 0 saturated carbocycles. The first-order chi connectivity index (χ1) is 8.70. The summed E-state index contributed by atoms with van der Waals surface area (Å²) in [5.74, 6) is 0.823. The fourth-order valence-corrected chi connectivity index (χ4v) is 2.72. The van der Waals surface area contributed by atoms with Crippen molar-refractivity contribution in [3.63, 3.8) is 0 Å². The molecule has 1 unspecified atom stereocenters. The molecule has 1 atom stereocenters. The summed E-state index contributed by atoms with van der Waals surface area (Å²) < 4.78 is 12.8. The van der Waals surface area contributed by atoms with Crippen molar-refractivity contribution in [3.05, 3.63) is 35.6 Å². The molecule has 4 heteroatoms. The van der Waals surface area contributed by atoms with Crippen LogP contribution >= 0.6 is 11.6 Å². The Balaban J connectivity index is 2.02. The van der Waals surface area contributed by atoms with Crippen LogP contribution in [0.5, 0.6) is 0 Å². The van der Waals surface area contributed by atoms with E-state index in [4.69, 9.17) is 11.6 Å². The molecule has 1 aromatic carbocycles. The van der Waals surface area contributed by atoms with Gasteiger partial charge in [0.05, 0.1) is 0 Å². The molecule has 2 rings (SSSR count). The van der Waals surface area contributed by atoms with E-state index in [1.807, 2.05) is 4.90 Å². The van der Waals surface area contributed by atoms with Crippen molar-refractivity contribution < 1.29 is 9.18 Å². The molecule has 0 radical (unpaired) electrons. The van der Waals surface area contributed by atoms with E-state index in [1.54, 1.807) is 12.1 Å². The highest BCUT2D eigenvalue weighted by Crippen LogP contribution is 2.21. The fraction of sp³-hybridized carbons (Fsp3) is 0.500. The summed E-state index contributed by atoms with van der Waals surface area (Å²) in [7, 11) is 0. The maximum absolute atomic E-state index is 12.8. The number of alkyl halides is 1. The maximum atomic E-state index is 12.8. The van der Waals surface area contributed by atoms with E-state index in [0.717, 1.165) is 32.4 Å². The molecule has 1 aliphatic rings. The molecule has 1 aromatic rings. The Morgan fingerprint density at radius 3 is 2.78 bits per heavy atom. The van der Waals surface area contributed by atoms with Crippen LogP contribution in [0.25, 0.3) is 0 Å². The maximum Gasteiger partial charge on any atom is 0.253 e. The summed E-state index contributed by atoms with van der Waals surface area (Å²) in [4.78, 5) is 14.1. The van der Waals surface area contributed by atoms with Gasteiger partial charge < -0.3 is 4.90 Å². The van der Waals surface area contributed by atoms with E-state index < -0.39 is 0 Å². The van der Waals surface area contributed by atoms with Gasteiger partial charge in [0.2, 0.25) is 0 Å². The van der Waals surface area contributed by atoms with Crippen molar-refractivity contribution in [1.29, 1.82) is 0 Å². The first-order valence-electron chi connectivity index (χ1n) is 6.31. The number of carbonyl (C=O) groups excluding carboxylic acids is 1.